The minimum Gasteiger partial charge on any atom is -0.504 e. The number of phenols is 3. The number of likely N-dealkylation sites (N-methyl/N-ethyl adjacent to an activating group) is 1. The molecule has 0 heterocycles. The van der Waals surface area contributed by atoms with Crippen molar-refractivity contribution in [1.82, 2.24) is 4.31 Å². The zero-order valence-corrected chi connectivity index (χ0v) is 16.0. The lowest BCUT2D eigenvalue weighted by Crippen LogP contribution is -2.33. The van der Waals surface area contributed by atoms with E-state index in [0.717, 1.165) is 5.56 Å². The van der Waals surface area contributed by atoms with Gasteiger partial charge in [-0.25, -0.2) is 8.42 Å². The van der Waals surface area contributed by atoms with Gasteiger partial charge in [0.05, 0.1) is 0 Å². The summed E-state index contributed by atoms with van der Waals surface area (Å²) in [5.41, 5.74) is 1.26. The molecule has 0 spiro atoms. The molecular formula is C19H25NO5S. The van der Waals surface area contributed by atoms with Gasteiger partial charge < -0.3 is 15.3 Å². The lowest BCUT2D eigenvalue weighted by molar-refractivity contribution is 0.354. The largest absolute Gasteiger partial charge is 0.504 e. The second kappa shape index (κ2) is 7.97. The van der Waals surface area contributed by atoms with Gasteiger partial charge in [-0.05, 0) is 24.0 Å². The Morgan fingerprint density at radius 2 is 1.62 bits per heavy atom. The van der Waals surface area contributed by atoms with Gasteiger partial charge in [-0.1, -0.05) is 51.1 Å². The van der Waals surface area contributed by atoms with Crippen molar-refractivity contribution in [3.05, 3.63) is 47.5 Å². The zero-order chi connectivity index (χ0) is 19.5. The van der Waals surface area contributed by atoms with Crippen LogP contribution in [0.15, 0.2) is 41.3 Å². The average molecular weight is 379 g/mol. The van der Waals surface area contributed by atoms with Gasteiger partial charge in [0, 0.05) is 18.7 Å². The van der Waals surface area contributed by atoms with Crippen molar-refractivity contribution in [3.63, 3.8) is 0 Å². The number of hydrogen-bond acceptors (Lipinski definition) is 5. The van der Waals surface area contributed by atoms with Gasteiger partial charge >= 0.3 is 0 Å². The summed E-state index contributed by atoms with van der Waals surface area (Å²) in [6.07, 6.45) is 0.524. The van der Waals surface area contributed by atoms with E-state index in [1.165, 1.54) is 10.4 Å². The molecule has 7 heteroatoms. The molecule has 3 N–H and O–H groups in total. The van der Waals surface area contributed by atoms with E-state index >= 15 is 0 Å². The highest BCUT2D eigenvalue weighted by Gasteiger charge is 2.30. The van der Waals surface area contributed by atoms with Gasteiger partial charge in [0.1, 0.15) is 4.90 Å². The highest BCUT2D eigenvalue weighted by molar-refractivity contribution is 7.89. The first kappa shape index (κ1) is 20.1. The van der Waals surface area contributed by atoms with Crippen LogP contribution in [0.4, 0.5) is 0 Å². The van der Waals surface area contributed by atoms with Gasteiger partial charge in [0.15, 0.2) is 11.5 Å². The minimum atomic E-state index is -4.04. The Bertz CT molecular complexity index is 863. The monoisotopic (exact) mass is 379 g/mol. The fourth-order valence-corrected chi connectivity index (χ4v) is 4.33. The van der Waals surface area contributed by atoms with E-state index in [0.29, 0.717) is 6.42 Å². The molecule has 6 nitrogen and oxygen atoms in total. The zero-order valence-electron chi connectivity index (χ0n) is 15.2. The van der Waals surface area contributed by atoms with E-state index in [2.05, 4.69) is 0 Å². The first-order chi connectivity index (χ1) is 12.2. The molecule has 0 fully saturated rings. The fourth-order valence-electron chi connectivity index (χ4n) is 2.77. The number of benzene rings is 2. The van der Waals surface area contributed by atoms with Crippen LogP contribution in [0.1, 0.15) is 37.8 Å². The van der Waals surface area contributed by atoms with Crippen LogP contribution in [0.5, 0.6) is 17.2 Å². The third-order valence-corrected chi connectivity index (χ3v) is 6.31. The molecule has 142 valence electrons. The SMILES string of the molecule is CCN(CCc1ccccc1)S(=O)(=O)c1cc(C(C)C)c(O)c(O)c1O. The van der Waals surface area contributed by atoms with E-state index in [4.69, 9.17) is 0 Å². The Balaban J connectivity index is 2.41. The highest BCUT2D eigenvalue weighted by atomic mass is 32.2. The molecule has 0 atom stereocenters. The Morgan fingerprint density at radius 3 is 2.15 bits per heavy atom. The van der Waals surface area contributed by atoms with Gasteiger partial charge in [0.25, 0.3) is 0 Å². The molecule has 0 aliphatic rings. The molecule has 0 radical (unpaired) electrons. The van der Waals surface area contributed by atoms with Crippen molar-refractivity contribution in [3.8, 4) is 17.2 Å². The number of hydrogen-bond donors (Lipinski definition) is 3. The summed E-state index contributed by atoms with van der Waals surface area (Å²) in [6.45, 7) is 5.68. The van der Waals surface area contributed by atoms with E-state index in [9.17, 15) is 23.7 Å². The average Bonchev–Trinajstić information content (AvgIpc) is 2.60. The summed E-state index contributed by atoms with van der Waals surface area (Å²) in [6, 6.07) is 10.7. The van der Waals surface area contributed by atoms with Crippen LogP contribution in [0.3, 0.4) is 0 Å². The normalized spacial score (nSPS) is 12.0. The summed E-state index contributed by atoms with van der Waals surface area (Å²) in [5, 5.41) is 30.1. The molecule has 0 unspecified atom stereocenters. The van der Waals surface area contributed by atoms with Crippen LogP contribution in [0, 0.1) is 0 Å². The summed E-state index contributed by atoms with van der Waals surface area (Å²) < 4.78 is 27.3. The van der Waals surface area contributed by atoms with E-state index < -0.39 is 32.2 Å². The van der Waals surface area contributed by atoms with E-state index in [-0.39, 0.29) is 24.6 Å². The third kappa shape index (κ3) is 3.94. The summed E-state index contributed by atoms with van der Waals surface area (Å²) in [4.78, 5) is -0.397. The van der Waals surface area contributed by atoms with Crippen LogP contribution in [0.2, 0.25) is 0 Å². The molecule has 2 aromatic carbocycles. The van der Waals surface area contributed by atoms with Crippen LogP contribution in [-0.2, 0) is 16.4 Å². The van der Waals surface area contributed by atoms with E-state index in [1.54, 1.807) is 20.8 Å². The molecule has 2 rings (SSSR count). The smallest absolute Gasteiger partial charge is 0.246 e. The molecule has 0 saturated carbocycles. The van der Waals surface area contributed by atoms with Gasteiger partial charge in [-0.15, -0.1) is 0 Å². The summed E-state index contributed by atoms with van der Waals surface area (Å²) in [7, 11) is -4.04. The van der Waals surface area contributed by atoms with Crippen LogP contribution >= 0.6 is 0 Å². The summed E-state index contributed by atoms with van der Waals surface area (Å²) in [5.74, 6) is -2.36. The van der Waals surface area contributed by atoms with Crippen molar-refractivity contribution in [2.45, 2.75) is 38.0 Å². The fraction of sp³-hybridized carbons (Fsp3) is 0.368. The Hall–Kier alpha value is -2.25. The molecule has 2 aromatic rings. The standard InChI is InChI=1S/C19H25NO5S/c1-4-20(11-10-14-8-6-5-7-9-14)26(24,25)16-12-15(13(2)3)17(21)19(23)18(16)22/h5-9,12-13,21-23H,4,10-11H2,1-3H3. The predicted octanol–water partition coefficient (Wildman–Crippen LogP) is 3.18. The van der Waals surface area contributed by atoms with Crippen molar-refractivity contribution in [2.75, 3.05) is 13.1 Å². The van der Waals surface area contributed by atoms with Crippen molar-refractivity contribution in [2.24, 2.45) is 0 Å². The molecule has 0 aliphatic heterocycles. The Labute approximate surface area is 154 Å². The quantitative estimate of drug-likeness (QED) is 0.642. The predicted molar refractivity (Wildman–Crippen MR) is 100 cm³/mol. The Morgan fingerprint density at radius 1 is 1.00 bits per heavy atom. The maximum absolute atomic E-state index is 13.0. The van der Waals surface area contributed by atoms with Crippen LogP contribution in [-0.4, -0.2) is 41.1 Å². The van der Waals surface area contributed by atoms with Gasteiger partial charge in [0.2, 0.25) is 15.8 Å². The molecule has 0 amide bonds. The number of nitrogens with zero attached hydrogens (tertiary/aromatic N) is 1. The van der Waals surface area contributed by atoms with Crippen LogP contribution in [0.25, 0.3) is 0 Å². The van der Waals surface area contributed by atoms with Crippen LogP contribution < -0.4 is 0 Å². The van der Waals surface area contributed by atoms with Crippen molar-refractivity contribution < 1.29 is 23.7 Å². The third-order valence-electron chi connectivity index (χ3n) is 4.33. The first-order valence-electron chi connectivity index (χ1n) is 8.52. The summed E-state index contributed by atoms with van der Waals surface area (Å²) >= 11 is 0. The maximum Gasteiger partial charge on any atom is 0.246 e. The molecule has 0 bridgehead atoms. The number of rotatable bonds is 7. The lowest BCUT2D eigenvalue weighted by Gasteiger charge is -2.22. The number of phenolic OH excluding ortho intramolecular Hbond substituents is 3. The highest BCUT2D eigenvalue weighted by Crippen LogP contribution is 2.45. The lowest BCUT2D eigenvalue weighted by atomic mass is 10.0. The number of sulfonamides is 1. The molecule has 0 saturated heterocycles. The van der Waals surface area contributed by atoms with Crippen molar-refractivity contribution >= 4 is 10.0 Å². The second-order valence-corrected chi connectivity index (χ2v) is 8.30. The molecule has 26 heavy (non-hydrogen) atoms. The first-order valence-corrected chi connectivity index (χ1v) is 9.96. The molecular weight excluding hydrogens is 354 g/mol. The van der Waals surface area contributed by atoms with E-state index in [1.807, 2.05) is 30.3 Å². The second-order valence-electron chi connectivity index (χ2n) is 6.40. The molecule has 0 aromatic heterocycles. The van der Waals surface area contributed by atoms with Gasteiger partial charge in [-0.2, -0.15) is 4.31 Å². The maximum atomic E-state index is 13.0. The minimum absolute atomic E-state index is 0.216. The number of aromatic hydroxyl groups is 3. The Kier molecular flexibility index (Phi) is 6.15. The van der Waals surface area contributed by atoms with Gasteiger partial charge in [-0.3, -0.25) is 0 Å². The topological polar surface area (TPSA) is 98.1 Å². The van der Waals surface area contributed by atoms with Crippen molar-refractivity contribution in [1.29, 1.82) is 0 Å². The molecule has 0 aliphatic carbocycles.